The van der Waals surface area contributed by atoms with E-state index >= 15 is 0 Å². The zero-order valence-electron chi connectivity index (χ0n) is 14.2. The molecule has 1 amide bonds. The highest BCUT2D eigenvalue weighted by atomic mass is 19.4. The van der Waals surface area contributed by atoms with Crippen molar-refractivity contribution >= 4 is 5.91 Å². The van der Waals surface area contributed by atoms with Crippen LogP contribution in [-0.2, 0) is 12.7 Å². The van der Waals surface area contributed by atoms with Gasteiger partial charge in [0.2, 0.25) is 0 Å². The van der Waals surface area contributed by atoms with Crippen molar-refractivity contribution in [3.05, 3.63) is 59.2 Å². The Hall–Kier alpha value is -2.70. The highest BCUT2D eigenvalue weighted by Crippen LogP contribution is 2.34. The Morgan fingerprint density at radius 2 is 1.77 bits per heavy atom. The number of carbonyl (C=O) groups excluding carboxylic acids is 1. The molecule has 0 atom stereocenters. The molecule has 3 rings (SSSR count). The maximum absolute atomic E-state index is 12.7. The number of carbonyl (C=O) groups is 1. The summed E-state index contributed by atoms with van der Waals surface area (Å²) in [6.07, 6.45) is -4.42. The van der Waals surface area contributed by atoms with Crippen LogP contribution in [0.15, 0.2) is 42.5 Å². The summed E-state index contributed by atoms with van der Waals surface area (Å²) in [5.74, 6) is 0.903. The minimum Gasteiger partial charge on any atom is -0.486 e. The SMILES string of the molecule is CCN(Cc1cccc2c1OCCO2)C(=O)c1ccc(C(F)(F)F)cc1. The fourth-order valence-corrected chi connectivity index (χ4v) is 2.78. The molecule has 0 saturated heterocycles. The van der Waals surface area contributed by atoms with Crippen molar-refractivity contribution < 1.29 is 27.4 Å². The normalized spacial score (nSPS) is 13.4. The lowest BCUT2D eigenvalue weighted by atomic mass is 10.1. The van der Waals surface area contributed by atoms with E-state index in [1.807, 2.05) is 19.1 Å². The highest BCUT2D eigenvalue weighted by molar-refractivity contribution is 5.94. The van der Waals surface area contributed by atoms with Crippen LogP contribution in [0.1, 0.15) is 28.4 Å². The van der Waals surface area contributed by atoms with Gasteiger partial charge in [-0.2, -0.15) is 13.2 Å². The van der Waals surface area contributed by atoms with Gasteiger partial charge in [-0.1, -0.05) is 12.1 Å². The predicted octanol–water partition coefficient (Wildman–Crippen LogP) is 4.14. The molecule has 2 aromatic rings. The molecule has 0 bridgehead atoms. The molecule has 0 spiro atoms. The molecule has 0 saturated carbocycles. The highest BCUT2D eigenvalue weighted by Gasteiger charge is 2.30. The van der Waals surface area contributed by atoms with Crippen LogP contribution < -0.4 is 9.47 Å². The minimum atomic E-state index is -4.42. The number of benzene rings is 2. The lowest BCUT2D eigenvalue weighted by Crippen LogP contribution is -2.31. The first-order chi connectivity index (χ1) is 12.4. The number of para-hydroxylation sites is 1. The summed E-state index contributed by atoms with van der Waals surface area (Å²) in [6, 6.07) is 9.70. The van der Waals surface area contributed by atoms with Crippen molar-refractivity contribution in [3.63, 3.8) is 0 Å². The molecule has 0 unspecified atom stereocenters. The van der Waals surface area contributed by atoms with Gasteiger partial charge in [-0.05, 0) is 37.3 Å². The van der Waals surface area contributed by atoms with Crippen LogP contribution in [0.2, 0.25) is 0 Å². The fourth-order valence-electron chi connectivity index (χ4n) is 2.78. The Labute approximate surface area is 149 Å². The predicted molar refractivity (Wildman–Crippen MR) is 89.3 cm³/mol. The van der Waals surface area contributed by atoms with Crippen LogP contribution in [0.25, 0.3) is 0 Å². The summed E-state index contributed by atoms with van der Waals surface area (Å²) in [5.41, 5.74) is 0.228. The largest absolute Gasteiger partial charge is 0.486 e. The van der Waals surface area contributed by atoms with E-state index in [0.717, 1.165) is 17.7 Å². The van der Waals surface area contributed by atoms with E-state index in [1.165, 1.54) is 12.1 Å². The van der Waals surface area contributed by atoms with Crippen molar-refractivity contribution in [1.29, 1.82) is 0 Å². The first-order valence-electron chi connectivity index (χ1n) is 8.24. The van der Waals surface area contributed by atoms with Crippen molar-refractivity contribution in [2.75, 3.05) is 19.8 Å². The van der Waals surface area contributed by atoms with Gasteiger partial charge in [-0.25, -0.2) is 0 Å². The summed E-state index contributed by atoms with van der Waals surface area (Å²) in [6.45, 7) is 3.41. The smallest absolute Gasteiger partial charge is 0.416 e. The molecule has 1 heterocycles. The molecule has 0 radical (unpaired) electrons. The van der Waals surface area contributed by atoms with Crippen molar-refractivity contribution in [2.45, 2.75) is 19.6 Å². The number of ether oxygens (including phenoxy) is 2. The minimum absolute atomic E-state index is 0.210. The van der Waals surface area contributed by atoms with E-state index in [2.05, 4.69) is 0 Å². The zero-order valence-corrected chi connectivity index (χ0v) is 14.2. The van der Waals surface area contributed by atoms with Gasteiger partial charge in [0.15, 0.2) is 11.5 Å². The molecule has 4 nitrogen and oxygen atoms in total. The monoisotopic (exact) mass is 365 g/mol. The van der Waals surface area contributed by atoms with Gasteiger partial charge in [0.25, 0.3) is 5.91 Å². The van der Waals surface area contributed by atoms with Crippen LogP contribution in [-0.4, -0.2) is 30.6 Å². The first-order valence-corrected chi connectivity index (χ1v) is 8.24. The molecule has 138 valence electrons. The molecule has 7 heteroatoms. The summed E-state index contributed by atoms with van der Waals surface area (Å²) >= 11 is 0. The topological polar surface area (TPSA) is 38.8 Å². The summed E-state index contributed by atoms with van der Waals surface area (Å²) in [7, 11) is 0. The maximum Gasteiger partial charge on any atom is 0.416 e. The van der Waals surface area contributed by atoms with Crippen LogP contribution in [0, 0.1) is 0 Å². The van der Waals surface area contributed by atoms with E-state index in [0.29, 0.717) is 31.3 Å². The Morgan fingerprint density at radius 1 is 1.08 bits per heavy atom. The Morgan fingerprint density at radius 3 is 2.42 bits per heavy atom. The summed E-state index contributed by atoms with van der Waals surface area (Å²) < 4.78 is 49.2. The summed E-state index contributed by atoms with van der Waals surface area (Å²) in [5, 5.41) is 0. The number of nitrogens with zero attached hydrogens (tertiary/aromatic N) is 1. The number of amides is 1. The number of alkyl halides is 3. The van der Waals surface area contributed by atoms with E-state index in [-0.39, 0.29) is 18.0 Å². The van der Waals surface area contributed by atoms with Gasteiger partial charge in [0, 0.05) is 24.2 Å². The Kier molecular flexibility index (Phi) is 5.06. The zero-order chi connectivity index (χ0) is 18.7. The van der Waals surface area contributed by atoms with Gasteiger partial charge in [-0.3, -0.25) is 4.79 Å². The molecule has 26 heavy (non-hydrogen) atoms. The lowest BCUT2D eigenvalue weighted by molar-refractivity contribution is -0.137. The quantitative estimate of drug-likeness (QED) is 0.818. The fraction of sp³-hybridized carbons (Fsp3) is 0.316. The number of fused-ring (bicyclic) bond motifs is 1. The molecule has 0 aliphatic carbocycles. The third kappa shape index (κ3) is 3.76. The molecular formula is C19H18F3NO3. The Bertz CT molecular complexity index is 788. The lowest BCUT2D eigenvalue weighted by Gasteiger charge is -2.25. The van der Waals surface area contributed by atoms with Crippen LogP contribution in [0.4, 0.5) is 13.2 Å². The second-order valence-electron chi connectivity index (χ2n) is 5.84. The van der Waals surface area contributed by atoms with Crippen molar-refractivity contribution in [2.24, 2.45) is 0 Å². The second-order valence-corrected chi connectivity index (χ2v) is 5.84. The molecular weight excluding hydrogens is 347 g/mol. The number of hydrogen-bond acceptors (Lipinski definition) is 3. The van der Waals surface area contributed by atoms with E-state index in [9.17, 15) is 18.0 Å². The van der Waals surface area contributed by atoms with Gasteiger partial charge < -0.3 is 14.4 Å². The van der Waals surface area contributed by atoms with Gasteiger partial charge >= 0.3 is 6.18 Å². The van der Waals surface area contributed by atoms with Crippen molar-refractivity contribution in [3.8, 4) is 11.5 Å². The number of rotatable bonds is 4. The average Bonchev–Trinajstić information content (AvgIpc) is 2.65. The van der Waals surface area contributed by atoms with Gasteiger partial charge in [-0.15, -0.1) is 0 Å². The molecule has 0 N–H and O–H groups in total. The molecule has 0 fully saturated rings. The van der Waals surface area contributed by atoms with Crippen LogP contribution >= 0.6 is 0 Å². The van der Waals surface area contributed by atoms with E-state index < -0.39 is 11.7 Å². The maximum atomic E-state index is 12.7. The molecule has 2 aromatic carbocycles. The molecule has 1 aliphatic heterocycles. The first kappa shape index (κ1) is 18.1. The van der Waals surface area contributed by atoms with E-state index in [1.54, 1.807) is 11.0 Å². The van der Waals surface area contributed by atoms with Crippen LogP contribution in [0.3, 0.4) is 0 Å². The second kappa shape index (κ2) is 7.27. The Balaban J connectivity index is 1.80. The van der Waals surface area contributed by atoms with Crippen LogP contribution in [0.5, 0.6) is 11.5 Å². The van der Waals surface area contributed by atoms with E-state index in [4.69, 9.17) is 9.47 Å². The third-order valence-electron chi connectivity index (χ3n) is 4.14. The molecule has 0 aromatic heterocycles. The summed E-state index contributed by atoms with van der Waals surface area (Å²) in [4.78, 5) is 14.2. The standard InChI is InChI=1S/C19H18F3NO3/c1-2-23(12-14-4-3-5-16-17(14)26-11-10-25-16)18(24)13-6-8-15(9-7-13)19(20,21)22/h3-9H,2,10-12H2,1H3. The average molecular weight is 365 g/mol. The van der Waals surface area contributed by atoms with Gasteiger partial charge in [0.05, 0.1) is 5.56 Å². The van der Waals surface area contributed by atoms with Gasteiger partial charge in [0.1, 0.15) is 13.2 Å². The number of halogens is 3. The third-order valence-corrected chi connectivity index (χ3v) is 4.14. The van der Waals surface area contributed by atoms with Crippen molar-refractivity contribution in [1.82, 2.24) is 4.90 Å². The molecule has 1 aliphatic rings. The number of hydrogen-bond donors (Lipinski definition) is 0.